The predicted molar refractivity (Wildman–Crippen MR) is 85.2 cm³/mol. The van der Waals surface area contributed by atoms with Gasteiger partial charge in [-0.15, -0.1) is 0 Å². The van der Waals surface area contributed by atoms with E-state index in [9.17, 15) is 0 Å². The first-order valence-corrected chi connectivity index (χ1v) is 7.69. The van der Waals surface area contributed by atoms with Crippen LogP contribution in [0, 0.1) is 19.3 Å². The van der Waals surface area contributed by atoms with Crippen molar-refractivity contribution in [3.63, 3.8) is 0 Å². The zero-order valence-electron chi connectivity index (χ0n) is 13.7. The highest BCUT2D eigenvalue weighted by atomic mass is 16.5. The second kappa shape index (κ2) is 5.87. The monoisotopic (exact) mass is 275 g/mol. The van der Waals surface area contributed by atoms with Crippen LogP contribution in [0.4, 0.5) is 0 Å². The summed E-state index contributed by atoms with van der Waals surface area (Å²) in [6, 6.07) is 6.78. The van der Waals surface area contributed by atoms with Crippen LogP contribution in [0.2, 0.25) is 0 Å². The van der Waals surface area contributed by atoms with E-state index in [1.165, 1.54) is 16.7 Å². The molecule has 1 aliphatic heterocycles. The van der Waals surface area contributed by atoms with Crippen molar-refractivity contribution in [2.45, 2.75) is 53.0 Å². The minimum Gasteiger partial charge on any atom is -0.381 e. The lowest BCUT2D eigenvalue weighted by atomic mass is 9.79. The van der Waals surface area contributed by atoms with E-state index in [1.807, 2.05) is 0 Å². The number of benzene rings is 1. The Morgan fingerprint density at radius 2 is 2.00 bits per heavy atom. The molecule has 0 saturated carbocycles. The zero-order valence-corrected chi connectivity index (χ0v) is 13.7. The fourth-order valence-electron chi connectivity index (χ4n) is 2.84. The van der Waals surface area contributed by atoms with Crippen LogP contribution in [-0.2, 0) is 11.2 Å². The highest BCUT2D eigenvalue weighted by molar-refractivity contribution is 5.31. The van der Waals surface area contributed by atoms with Gasteiger partial charge in [0.25, 0.3) is 0 Å². The van der Waals surface area contributed by atoms with Crippen molar-refractivity contribution >= 4 is 0 Å². The van der Waals surface area contributed by atoms with Crippen molar-refractivity contribution in [1.82, 2.24) is 5.32 Å². The minimum atomic E-state index is 0.164. The van der Waals surface area contributed by atoms with Crippen LogP contribution >= 0.6 is 0 Å². The van der Waals surface area contributed by atoms with Crippen LogP contribution < -0.4 is 5.32 Å². The van der Waals surface area contributed by atoms with Crippen molar-refractivity contribution in [1.29, 1.82) is 0 Å². The van der Waals surface area contributed by atoms with Gasteiger partial charge < -0.3 is 10.1 Å². The maximum absolute atomic E-state index is 5.73. The van der Waals surface area contributed by atoms with Gasteiger partial charge in [-0.2, -0.15) is 0 Å². The van der Waals surface area contributed by atoms with Gasteiger partial charge in [-0.05, 0) is 58.6 Å². The van der Waals surface area contributed by atoms with E-state index in [-0.39, 0.29) is 11.0 Å². The van der Waals surface area contributed by atoms with Gasteiger partial charge in [-0.1, -0.05) is 23.8 Å². The number of aryl methyl sites for hydroxylation is 2. The second-order valence-electron chi connectivity index (χ2n) is 7.51. The van der Waals surface area contributed by atoms with Crippen LogP contribution in [0.1, 0.15) is 43.9 Å². The van der Waals surface area contributed by atoms with Gasteiger partial charge in [0.05, 0.1) is 6.61 Å². The standard InChI is InChI=1S/C18H29NO/c1-14-6-7-15(2)16(10-14)11-18(8-9-20-13-18)12-19-17(3,4)5/h6-7,10,19H,8-9,11-13H2,1-5H3. The Bertz CT molecular complexity index is 453. The first-order valence-electron chi connectivity index (χ1n) is 7.69. The van der Waals surface area contributed by atoms with E-state index in [0.717, 1.165) is 32.6 Å². The topological polar surface area (TPSA) is 21.3 Å². The van der Waals surface area contributed by atoms with Gasteiger partial charge in [0.2, 0.25) is 0 Å². The average Bonchev–Trinajstić information content (AvgIpc) is 2.80. The van der Waals surface area contributed by atoms with E-state index in [0.29, 0.717) is 0 Å². The zero-order chi connectivity index (χ0) is 14.8. The van der Waals surface area contributed by atoms with Gasteiger partial charge in [0, 0.05) is 24.1 Å². The Morgan fingerprint density at radius 3 is 2.60 bits per heavy atom. The molecule has 1 aliphatic rings. The number of rotatable bonds is 4. The molecule has 1 heterocycles. The Morgan fingerprint density at radius 1 is 1.25 bits per heavy atom. The summed E-state index contributed by atoms with van der Waals surface area (Å²) in [6.45, 7) is 13.9. The smallest absolute Gasteiger partial charge is 0.0538 e. The molecule has 0 radical (unpaired) electrons. The molecule has 2 nitrogen and oxygen atoms in total. The van der Waals surface area contributed by atoms with Crippen molar-refractivity contribution in [3.05, 3.63) is 34.9 Å². The van der Waals surface area contributed by atoms with Crippen molar-refractivity contribution < 1.29 is 4.74 Å². The summed E-state index contributed by atoms with van der Waals surface area (Å²) in [6.07, 6.45) is 2.27. The van der Waals surface area contributed by atoms with E-state index in [2.05, 4.69) is 58.1 Å². The minimum absolute atomic E-state index is 0.164. The van der Waals surface area contributed by atoms with Crippen LogP contribution in [0.15, 0.2) is 18.2 Å². The quantitative estimate of drug-likeness (QED) is 0.906. The highest BCUT2D eigenvalue weighted by Gasteiger charge is 2.36. The molecule has 2 rings (SSSR count). The molecule has 1 unspecified atom stereocenters. The normalized spacial score (nSPS) is 23.2. The number of nitrogens with one attached hydrogen (secondary N) is 1. The lowest BCUT2D eigenvalue weighted by molar-refractivity contribution is 0.144. The summed E-state index contributed by atoms with van der Waals surface area (Å²) in [7, 11) is 0. The van der Waals surface area contributed by atoms with E-state index < -0.39 is 0 Å². The second-order valence-corrected chi connectivity index (χ2v) is 7.51. The van der Waals surface area contributed by atoms with Crippen LogP contribution in [0.3, 0.4) is 0 Å². The molecule has 2 heteroatoms. The lowest BCUT2D eigenvalue weighted by Crippen LogP contribution is -2.45. The van der Waals surface area contributed by atoms with E-state index in [1.54, 1.807) is 0 Å². The molecule has 0 aromatic heterocycles. The van der Waals surface area contributed by atoms with E-state index >= 15 is 0 Å². The maximum Gasteiger partial charge on any atom is 0.0538 e. The number of ether oxygens (including phenoxy) is 1. The molecule has 1 fully saturated rings. The van der Waals surface area contributed by atoms with Gasteiger partial charge in [0.15, 0.2) is 0 Å². The first kappa shape index (κ1) is 15.5. The molecule has 1 aromatic rings. The summed E-state index contributed by atoms with van der Waals surface area (Å²) >= 11 is 0. The molecule has 0 aliphatic carbocycles. The Hall–Kier alpha value is -0.860. The molecule has 1 atom stereocenters. The van der Waals surface area contributed by atoms with Gasteiger partial charge in [-0.3, -0.25) is 0 Å². The summed E-state index contributed by atoms with van der Waals surface area (Å²) in [5.41, 5.74) is 4.65. The van der Waals surface area contributed by atoms with Crippen molar-refractivity contribution in [2.75, 3.05) is 19.8 Å². The third-order valence-corrected chi connectivity index (χ3v) is 4.25. The average molecular weight is 275 g/mol. The summed E-state index contributed by atoms with van der Waals surface area (Å²) in [4.78, 5) is 0. The molecule has 1 N–H and O–H groups in total. The molecule has 1 saturated heterocycles. The van der Waals surface area contributed by atoms with Crippen LogP contribution in [0.5, 0.6) is 0 Å². The fraction of sp³-hybridized carbons (Fsp3) is 0.667. The molecular weight excluding hydrogens is 246 g/mol. The lowest BCUT2D eigenvalue weighted by Gasteiger charge is -2.33. The Labute approximate surface area is 123 Å². The van der Waals surface area contributed by atoms with Gasteiger partial charge in [0.1, 0.15) is 0 Å². The van der Waals surface area contributed by atoms with Crippen molar-refractivity contribution in [3.8, 4) is 0 Å². The molecular formula is C18H29NO. The van der Waals surface area contributed by atoms with Gasteiger partial charge >= 0.3 is 0 Å². The predicted octanol–water partition coefficient (Wildman–Crippen LogP) is 3.64. The molecule has 112 valence electrons. The molecule has 0 bridgehead atoms. The van der Waals surface area contributed by atoms with E-state index in [4.69, 9.17) is 4.74 Å². The summed E-state index contributed by atoms with van der Waals surface area (Å²) in [5.74, 6) is 0. The summed E-state index contributed by atoms with van der Waals surface area (Å²) < 4.78 is 5.73. The SMILES string of the molecule is Cc1ccc(C)c(CC2(CNC(C)(C)C)CCOC2)c1. The summed E-state index contributed by atoms with van der Waals surface area (Å²) in [5, 5.41) is 3.68. The highest BCUT2D eigenvalue weighted by Crippen LogP contribution is 2.33. The van der Waals surface area contributed by atoms with Gasteiger partial charge in [-0.25, -0.2) is 0 Å². The number of hydrogen-bond acceptors (Lipinski definition) is 2. The molecule has 20 heavy (non-hydrogen) atoms. The van der Waals surface area contributed by atoms with Crippen molar-refractivity contribution in [2.24, 2.45) is 5.41 Å². The first-order chi connectivity index (χ1) is 9.30. The molecule has 0 amide bonds. The largest absolute Gasteiger partial charge is 0.381 e. The van der Waals surface area contributed by atoms with Crippen LogP contribution in [0.25, 0.3) is 0 Å². The Balaban J connectivity index is 2.14. The number of hydrogen-bond donors (Lipinski definition) is 1. The Kier molecular flexibility index (Phi) is 4.55. The molecule has 1 aromatic carbocycles. The maximum atomic E-state index is 5.73. The third-order valence-electron chi connectivity index (χ3n) is 4.25. The van der Waals surface area contributed by atoms with Crippen LogP contribution in [-0.4, -0.2) is 25.3 Å². The fourth-order valence-corrected chi connectivity index (χ4v) is 2.84. The molecule has 0 spiro atoms. The third kappa shape index (κ3) is 4.07.